The van der Waals surface area contributed by atoms with Crippen molar-refractivity contribution in [1.29, 1.82) is 0 Å². The highest BCUT2D eigenvalue weighted by atomic mass is 32.2. The van der Waals surface area contributed by atoms with E-state index in [1.54, 1.807) is 29.5 Å². The quantitative estimate of drug-likeness (QED) is 0.772. The summed E-state index contributed by atoms with van der Waals surface area (Å²) < 4.78 is 28.1. The second-order valence-corrected chi connectivity index (χ2v) is 9.54. The number of amides is 1. The fourth-order valence-corrected chi connectivity index (χ4v) is 5.84. The summed E-state index contributed by atoms with van der Waals surface area (Å²) in [6.07, 6.45) is 0.987. The Kier molecular flexibility index (Phi) is 6.00. The summed E-state index contributed by atoms with van der Waals surface area (Å²) in [6.45, 7) is 6.64. The van der Waals surface area contributed by atoms with Crippen molar-refractivity contribution in [1.82, 2.24) is 9.62 Å². The number of carbonyl (C=O) groups excluding carboxylic acids is 1. The lowest BCUT2D eigenvalue weighted by atomic mass is 9.97. The molecule has 8 heteroatoms. The number of nitrogens with one attached hydrogen (secondary N) is 2. The first kappa shape index (κ1) is 20.0. The standard InChI is InChI=1S/C19H25N3O3S2/c1-13-12-16-8-11-26-19(16)14(2)22(13)10-9-20-27(24,25)18-7-5-4-6-17(18)21-15(3)23/h4-8,11,13-14,20H,9-10,12H2,1-3H3,(H,21,23). The van der Waals surface area contributed by atoms with Crippen LogP contribution in [0.4, 0.5) is 5.69 Å². The van der Waals surface area contributed by atoms with Gasteiger partial charge in [-0.15, -0.1) is 11.3 Å². The molecule has 6 nitrogen and oxygen atoms in total. The van der Waals surface area contributed by atoms with Crippen LogP contribution in [0.2, 0.25) is 0 Å². The number of fused-ring (bicyclic) bond motifs is 1. The smallest absolute Gasteiger partial charge is 0.242 e. The van der Waals surface area contributed by atoms with Crippen molar-refractivity contribution in [2.75, 3.05) is 18.4 Å². The molecule has 0 saturated heterocycles. The molecule has 1 amide bonds. The molecule has 2 unspecified atom stereocenters. The highest BCUT2D eigenvalue weighted by molar-refractivity contribution is 7.89. The number of thiophene rings is 1. The van der Waals surface area contributed by atoms with Crippen molar-refractivity contribution in [3.63, 3.8) is 0 Å². The molecule has 1 aromatic heterocycles. The molecule has 2 atom stereocenters. The lowest BCUT2D eigenvalue weighted by Crippen LogP contribution is -2.44. The van der Waals surface area contributed by atoms with E-state index in [2.05, 4.69) is 40.2 Å². The van der Waals surface area contributed by atoms with Gasteiger partial charge in [-0.2, -0.15) is 0 Å². The van der Waals surface area contributed by atoms with Crippen LogP contribution < -0.4 is 10.0 Å². The molecule has 27 heavy (non-hydrogen) atoms. The third-order valence-electron chi connectivity index (χ3n) is 4.89. The summed E-state index contributed by atoms with van der Waals surface area (Å²) >= 11 is 1.76. The van der Waals surface area contributed by atoms with Gasteiger partial charge in [-0.25, -0.2) is 13.1 Å². The number of sulfonamides is 1. The Morgan fingerprint density at radius 1 is 1.26 bits per heavy atom. The van der Waals surface area contributed by atoms with Gasteiger partial charge in [-0.1, -0.05) is 12.1 Å². The van der Waals surface area contributed by atoms with E-state index in [0.29, 0.717) is 24.8 Å². The molecular formula is C19H25N3O3S2. The van der Waals surface area contributed by atoms with Crippen LogP contribution in [-0.4, -0.2) is 38.4 Å². The zero-order valence-electron chi connectivity index (χ0n) is 15.7. The molecule has 0 bridgehead atoms. The number of carbonyl (C=O) groups is 1. The highest BCUT2D eigenvalue weighted by Crippen LogP contribution is 2.36. The van der Waals surface area contributed by atoms with Crippen LogP contribution in [0.1, 0.15) is 37.3 Å². The Labute approximate surface area is 164 Å². The van der Waals surface area contributed by atoms with E-state index in [0.717, 1.165) is 6.42 Å². The van der Waals surface area contributed by atoms with E-state index >= 15 is 0 Å². The first-order valence-electron chi connectivity index (χ1n) is 8.98. The van der Waals surface area contributed by atoms with Gasteiger partial charge in [0.25, 0.3) is 0 Å². The van der Waals surface area contributed by atoms with Gasteiger partial charge in [0.15, 0.2) is 0 Å². The van der Waals surface area contributed by atoms with Crippen LogP contribution >= 0.6 is 11.3 Å². The number of benzene rings is 1. The first-order chi connectivity index (χ1) is 12.8. The third-order valence-corrected chi connectivity index (χ3v) is 7.54. The van der Waals surface area contributed by atoms with Crippen LogP contribution in [0.5, 0.6) is 0 Å². The lowest BCUT2D eigenvalue weighted by Gasteiger charge is -2.38. The molecule has 3 rings (SSSR count). The Morgan fingerprint density at radius 2 is 2.00 bits per heavy atom. The SMILES string of the molecule is CC(=O)Nc1ccccc1S(=O)(=O)NCCN1C(C)Cc2ccsc2C1C. The van der Waals surface area contributed by atoms with E-state index in [1.165, 1.54) is 23.4 Å². The summed E-state index contributed by atoms with van der Waals surface area (Å²) in [7, 11) is -3.71. The number of hydrogen-bond donors (Lipinski definition) is 2. The van der Waals surface area contributed by atoms with E-state index < -0.39 is 10.0 Å². The number of rotatable bonds is 6. The topological polar surface area (TPSA) is 78.5 Å². The van der Waals surface area contributed by atoms with Crippen LogP contribution in [0, 0.1) is 0 Å². The van der Waals surface area contributed by atoms with E-state index in [4.69, 9.17) is 0 Å². The predicted molar refractivity (Wildman–Crippen MR) is 109 cm³/mol. The molecule has 0 saturated carbocycles. The van der Waals surface area contributed by atoms with Crippen molar-refractivity contribution >= 4 is 33.0 Å². The Morgan fingerprint density at radius 3 is 2.74 bits per heavy atom. The zero-order valence-corrected chi connectivity index (χ0v) is 17.4. The first-order valence-corrected chi connectivity index (χ1v) is 11.3. The van der Waals surface area contributed by atoms with Crippen molar-refractivity contribution in [3.8, 4) is 0 Å². The third kappa shape index (κ3) is 4.40. The van der Waals surface area contributed by atoms with Gasteiger partial charge in [0.05, 0.1) is 5.69 Å². The summed E-state index contributed by atoms with van der Waals surface area (Å²) in [6, 6.07) is 9.25. The summed E-state index contributed by atoms with van der Waals surface area (Å²) in [5, 5.41) is 4.70. The van der Waals surface area contributed by atoms with Gasteiger partial charge < -0.3 is 5.32 Å². The molecule has 2 aromatic rings. The maximum Gasteiger partial charge on any atom is 0.242 e. The molecule has 2 heterocycles. The van der Waals surface area contributed by atoms with Crippen molar-refractivity contribution in [3.05, 3.63) is 46.2 Å². The molecule has 0 aliphatic carbocycles. The number of para-hydroxylation sites is 1. The van der Waals surface area contributed by atoms with Crippen molar-refractivity contribution in [2.24, 2.45) is 0 Å². The van der Waals surface area contributed by atoms with Crippen molar-refractivity contribution in [2.45, 2.75) is 44.2 Å². The molecule has 1 aromatic carbocycles. The Balaban J connectivity index is 1.68. The minimum absolute atomic E-state index is 0.0838. The van der Waals surface area contributed by atoms with E-state index in [1.807, 2.05) is 0 Å². The van der Waals surface area contributed by atoms with Crippen molar-refractivity contribution < 1.29 is 13.2 Å². The minimum atomic E-state index is -3.71. The zero-order chi connectivity index (χ0) is 19.6. The average Bonchev–Trinajstić information content (AvgIpc) is 3.06. The Hall–Kier alpha value is -1.74. The van der Waals surface area contributed by atoms with Gasteiger partial charge in [-0.3, -0.25) is 9.69 Å². The predicted octanol–water partition coefficient (Wildman–Crippen LogP) is 2.99. The minimum Gasteiger partial charge on any atom is -0.325 e. The molecule has 0 radical (unpaired) electrons. The fraction of sp³-hybridized carbons (Fsp3) is 0.421. The highest BCUT2D eigenvalue weighted by Gasteiger charge is 2.30. The van der Waals surface area contributed by atoms with Crippen LogP contribution in [0.3, 0.4) is 0 Å². The van der Waals surface area contributed by atoms with Gasteiger partial charge in [0, 0.05) is 37.0 Å². The molecule has 1 aliphatic rings. The van der Waals surface area contributed by atoms with Gasteiger partial charge in [0.2, 0.25) is 15.9 Å². The Bertz CT molecular complexity index is 924. The second-order valence-electron chi connectivity index (χ2n) is 6.85. The van der Waals surface area contributed by atoms with Gasteiger partial charge in [-0.05, 0) is 49.4 Å². The normalized spacial score (nSPS) is 20.3. The molecular weight excluding hydrogens is 382 g/mol. The monoisotopic (exact) mass is 407 g/mol. The van der Waals surface area contributed by atoms with E-state index in [-0.39, 0.29) is 16.8 Å². The largest absolute Gasteiger partial charge is 0.325 e. The number of nitrogens with zero attached hydrogens (tertiary/aromatic N) is 1. The summed E-state index contributed by atoms with van der Waals surface area (Å²) in [4.78, 5) is 15.1. The van der Waals surface area contributed by atoms with Crippen LogP contribution in [-0.2, 0) is 21.2 Å². The van der Waals surface area contributed by atoms with Crippen LogP contribution in [0.15, 0.2) is 40.6 Å². The maximum atomic E-state index is 12.7. The summed E-state index contributed by atoms with van der Waals surface area (Å²) in [5.41, 5.74) is 1.70. The second kappa shape index (κ2) is 8.10. The maximum absolute atomic E-state index is 12.7. The molecule has 146 valence electrons. The number of hydrogen-bond acceptors (Lipinski definition) is 5. The number of anilines is 1. The van der Waals surface area contributed by atoms with Gasteiger partial charge in [0.1, 0.15) is 4.90 Å². The lowest BCUT2D eigenvalue weighted by molar-refractivity contribution is -0.114. The fourth-order valence-electron chi connectivity index (χ4n) is 3.65. The summed E-state index contributed by atoms with van der Waals surface area (Å²) in [5.74, 6) is -0.305. The molecule has 0 spiro atoms. The van der Waals surface area contributed by atoms with Gasteiger partial charge >= 0.3 is 0 Å². The molecule has 1 aliphatic heterocycles. The van der Waals surface area contributed by atoms with E-state index in [9.17, 15) is 13.2 Å². The molecule has 2 N–H and O–H groups in total. The molecule has 0 fully saturated rings. The average molecular weight is 408 g/mol. The van der Waals surface area contributed by atoms with Crippen LogP contribution in [0.25, 0.3) is 0 Å².